The van der Waals surface area contributed by atoms with E-state index in [0.717, 1.165) is 17.1 Å². The Balaban J connectivity index is 1.51. The number of thioether (sulfide) groups is 1. The molecule has 0 atom stereocenters. The molecule has 2 aromatic heterocycles. The highest BCUT2D eigenvalue weighted by Crippen LogP contribution is 2.24. The number of amides is 1. The number of anilines is 1. The Labute approximate surface area is 194 Å². The number of aromatic amines is 1. The van der Waals surface area contributed by atoms with Gasteiger partial charge in [-0.1, -0.05) is 11.8 Å². The van der Waals surface area contributed by atoms with Crippen LogP contribution in [0.3, 0.4) is 0 Å². The Morgan fingerprint density at radius 3 is 2.27 bits per heavy atom. The third-order valence-corrected chi connectivity index (χ3v) is 5.47. The van der Waals surface area contributed by atoms with Crippen molar-refractivity contribution in [2.45, 2.75) is 19.0 Å². The zero-order valence-electron chi connectivity index (χ0n) is 18.2. The van der Waals surface area contributed by atoms with Gasteiger partial charge >= 0.3 is 0 Å². The predicted octanol–water partition coefficient (Wildman–Crippen LogP) is 3.61. The number of ether oxygens (including phenoxy) is 2. The second-order valence-corrected chi connectivity index (χ2v) is 7.84. The molecule has 4 aromatic rings. The molecule has 0 saturated carbocycles. The average molecular weight is 466 g/mol. The summed E-state index contributed by atoms with van der Waals surface area (Å²) in [5, 5.41) is 5.97. The first-order valence-corrected chi connectivity index (χ1v) is 11.4. The molecule has 1 amide bonds. The van der Waals surface area contributed by atoms with Crippen molar-refractivity contribution in [1.29, 1.82) is 0 Å². The summed E-state index contributed by atoms with van der Waals surface area (Å²) in [6.07, 6.45) is 0. The average Bonchev–Trinajstić information content (AvgIpc) is 3.20. The Morgan fingerprint density at radius 2 is 1.64 bits per heavy atom. The van der Waals surface area contributed by atoms with Gasteiger partial charge in [-0.25, -0.2) is 14.5 Å². The van der Waals surface area contributed by atoms with E-state index in [1.54, 1.807) is 24.3 Å². The molecular weight excluding hydrogens is 442 g/mol. The summed E-state index contributed by atoms with van der Waals surface area (Å²) < 4.78 is 12.4. The van der Waals surface area contributed by atoms with E-state index < -0.39 is 0 Å². The third kappa shape index (κ3) is 5.53. The van der Waals surface area contributed by atoms with E-state index in [-0.39, 0.29) is 17.2 Å². The lowest BCUT2D eigenvalue weighted by Gasteiger charge is -2.09. The van der Waals surface area contributed by atoms with Gasteiger partial charge in [0.05, 0.1) is 19.0 Å². The van der Waals surface area contributed by atoms with Gasteiger partial charge < -0.3 is 14.8 Å². The number of nitrogens with one attached hydrogen (secondary N) is 2. The van der Waals surface area contributed by atoms with E-state index in [2.05, 4.69) is 20.4 Å². The van der Waals surface area contributed by atoms with Crippen LogP contribution < -0.4 is 20.3 Å². The van der Waals surface area contributed by atoms with E-state index in [0.29, 0.717) is 35.5 Å². The standard InChI is InChI=1S/C23H23N5O4S/c1-3-31-17-9-5-15(6-10-17)22-25-19-13-20(29)27-28(19)23(26-22)33-14-21(30)24-16-7-11-18(12-8-16)32-4-2/h5-13H,3-4,14H2,1-2H3,(H,24,30)(H,27,29). The summed E-state index contributed by atoms with van der Waals surface area (Å²) in [5.41, 5.74) is 1.57. The number of carbonyl (C=O) groups excluding carboxylic acids is 1. The molecule has 170 valence electrons. The molecular formula is C23H23N5O4S. The van der Waals surface area contributed by atoms with Crippen molar-refractivity contribution in [1.82, 2.24) is 19.6 Å². The van der Waals surface area contributed by atoms with Crippen LogP contribution >= 0.6 is 11.8 Å². The molecule has 0 aliphatic heterocycles. The highest BCUT2D eigenvalue weighted by Gasteiger charge is 2.14. The number of rotatable bonds is 9. The zero-order valence-corrected chi connectivity index (χ0v) is 19.0. The van der Waals surface area contributed by atoms with Gasteiger partial charge in [0, 0.05) is 17.3 Å². The normalized spacial score (nSPS) is 10.8. The smallest absolute Gasteiger partial charge is 0.266 e. The largest absolute Gasteiger partial charge is 0.494 e. The summed E-state index contributed by atoms with van der Waals surface area (Å²) in [7, 11) is 0. The topological polar surface area (TPSA) is 111 Å². The number of benzene rings is 2. The minimum atomic E-state index is -0.297. The first kappa shape index (κ1) is 22.4. The van der Waals surface area contributed by atoms with E-state index in [9.17, 15) is 9.59 Å². The predicted molar refractivity (Wildman–Crippen MR) is 127 cm³/mol. The van der Waals surface area contributed by atoms with Crippen molar-refractivity contribution in [3.63, 3.8) is 0 Å². The monoisotopic (exact) mass is 465 g/mol. The van der Waals surface area contributed by atoms with Crippen LogP contribution in [0.5, 0.6) is 11.5 Å². The highest BCUT2D eigenvalue weighted by molar-refractivity contribution is 7.99. The quantitative estimate of drug-likeness (QED) is 0.363. The number of carbonyl (C=O) groups is 1. The Kier molecular flexibility index (Phi) is 6.94. The molecule has 2 aromatic carbocycles. The second-order valence-electron chi connectivity index (χ2n) is 6.90. The first-order valence-electron chi connectivity index (χ1n) is 10.4. The van der Waals surface area contributed by atoms with Gasteiger partial charge in [0.25, 0.3) is 5.56 Å². The maximum Gasteiger partial charge on any atom is 0.266 e. The fourth-order valence-corrected chi connectivity index (χ4v) is 3.86. The minimum Gasteiger partial charge on any atom is -0.494 e. The van der Waals surface area contributed by atoms with Crippen LogP contribution in [-0.2, 0) is 4.79 Å². The first-order chi connectivity index (χ1) is 16.1. The van der Waals surface area contributed by atoms with Gasteiger partial charge in [-0.3, -0.25) is 14.7 Å². The number of aromatic nitrogens is 4. The molecule has 10 heteroatoms. The van der Waals surface area contributed by atoms with Crippen molar-refractivity contribution >= 4 is 29.0 Å². The van der Waals surface area contributed by atoms with E-state index in [1.165, 1.54) is 22.3 Å². The fourth-order valence-electron chi connectivity index (χ4n) is 3.10. The van der Waals surface area contributed by atoms with Crippen LogP contribution in [0.15, 0.2) is 64.5 Å². The molecule has 0 fully saturated rings. The zero-order chi connectivity index (χ0) is 23.2. The molecule has 2 N–H and O–H groups in total. The van der Waals surface area contributed by atoms with E-state index in [4.69, 9.17) is 9.47 Å². The van der Waals surface area contributed by atoms with Crippen molar-refractivity contribution in [3.8, 4) is 22.9 Å². The molecule has 2 heterocycles. The molecule has 9 nitrogen and oxygen atoms in total. The number of fused-ring (bicyclic) bond motifs is 1. The maximum absolute atomic E-state index is 12.5. The van der Waals surface area contributed by atoms with Gasteiger partial charge in [-0.15, -0.1) is 0 Å². The summed E-state index contributed by atoms with van der Waals surface area (Å²) in [4.78, 5) is 33.4. The van der Waals surface area contributed by atoms with Gasteiger partial charge in [0.2, 0.25) is 5.91 Å². The fraction of sp³-hybridized carbons (Fsp3) is 0.217. The van der Waals surface area contributed by atoms with Gasteiger partial charge in [-0.05, 0) is 62.4 Å². The number of nitrogens with zero attached hydrogens (tertiary/aromatic N) is 3. The molecule has 0 spiro atoms. The number of hydrogen-bond acceptors (Lipinski definition) is 7. The van der Waals surface area contributed by atoms with Gasteiger partial charge in [0.15, 0.2) is 16.6 Å². The van der Waals surface area contributed by atoms with E-state index in [1.807, 2.05) is 38.1 Å². The molecule has 0 bridgehead atoms. The molecule has 4 rings (SSSR count). The van der Waals surface area contributed by atoms with Gasteiger partial charge in [-0.2, -0.15) is 0 Å². The highest BCUT2D eigenvalue weighted by atomic mass is 32.2. The second kappa shape index (κ2) is 10.2. The summed E-state index contributed by atoms with van der Waals surface area (Å²) in [6, 6.07) is 15.9. The minimum absolute atomic E-state index is 0.0995. The van der Waals surface area contributed by atoms with E-state index >= 15 is 0 Å². The molecule has 33 heavy (non-hydrogen) atoms. The molecule has 0 radical (unpaired) electrons. The Hall–Kier alpha value is -3.79. The number of H-pyrrole nitrogens is 1. The Morgan fingerprint density at radius 1 is 1.00 bits per heavy atom. The van der Waals surface area contributed by atoms with Crippen molar-refractivity contribution in [3.05, 3.63) is 65.0 Å². The van der Waals surface area contributed by atoms with Crippen molar-refractivity contribution in [2.24, 2.45) is 0 Å². The third-order valence-electron chi connectivity index (χ3n) is 4.53. The summed E-state index contributed by atoms with van der Waals surface area (Å²) in [6.45, 7) is 4.99. The molecule has 0 aliphatic carbocycles. The van der Waals surface area contributed by atoms with Crippen LogP contribution in [0.25, 0.3) is 17.0 Å². The molecule has 0 unspecified atom stereocenters. The van der Waals surface area contributed by atoms with Crippen LogP contribution in [0.4, 0.5) is 5.69 Å². The maximum atomic E-state index is 12.5. The number of hydrogen-bond donors (Lipinski definition) is 2. The van der Waals surface area contributed by atoms with Crippen molar-refractivity contribution < 1.29 is 14.3 Å². The summed E-state index contributed by atoms with van der Waals surface area (Å²) >= 11 is 1.20. The summed E-state index contributed by atoms with van der Waals surface area (Å²) in [5.74, 6) is 1.84. The lowest BCUT2D eigenvalue weighted by Crippen LogP contribution is -2.15. The SMILES string of the molecule is CCOc1ccc(NC(=O)CSc2nc(-c3ccc(OCC)cc3)nc3cc(=O)[nH]n23)cc1. The van der Waals surface area contributed by atoms with Crippen LogP contribution in [0.2, 0.25) is 0 Å². The van der Waals surface area contributed by atoms with Crippen LogP contribution in [0.1, 0.15) is 13.8 Å². The lowest BCUT2D eigenvalue weighted by atomic mass is 10.2. The Bertz CT molecular complexity index is 1300. The molecule has 0 saturated heterocycles. The van der Waals surface area contributed by atoms with Gasteiger partial charge in [0.1, 0.15) is 11.5 Å². The van der Waals surface area contributed by atoms with Crippen LogP contribution in [-0.4, -0.2) is 44.5 Å². The van der Waals surface area contributed by atoms with Crippen LogP contribution in [0, 0.1) is 0 Å². The van der Waals surface area contributed by atoms with Crippen molar-refractivity contribution in [2.75, 3.05) is 24.3 Å². The lowest BCUT2D eigenvalue weighted by molar-refractivity contribution is -0.113. The molecule has 0 aliphatic rings.